The molecule has 0 aromatic heterocycles. The minimum atomic E-state index is -5.08. The fourth-order valence-corrected chi connectivity index (χ4v) is 4.11. The molecule has 0 heterocycles. The maximum Gasteiger partial charge on any atom is 1.00 e. The monoisotopic (exact) mass is 472 g/mol. The summed E-state index contributed by atoms with van der Waals surface area (Å²) in [6.45, 7) is 4.24. The van der Waals surface area contributed by atoms with E-state index in [9.17, 15) is 31.1 Å². The second-order valence-corrected chi connectivity index (χ2v) is 8.31. The van der Waals surface area contributed by atoms with Crippen LogP contribution in [0.25, 0.3) is 0 Å². The van der Waals surface area contributed by atoms with Gasteiger partial charge in [-0.1, -0.05) is 38.3 Å². The average molecular weight is 472 g/mol. The van der Waals surface area contributed by atoms with Crippen molar-refractivity contribution in [1.29, 1.82) is 0 Å². The molecule has 0 radical (unpaired) electrons. The molecule has 2 nitrogen and oxygen atoms in total. The molecule has 172 valence electrons. The topological polar surface area (TPSA) is 26.3 Å². The molecule has 2 rings (SSSR count). The fourth-order valence-electron chi connectivity index (χ4n) is 3.04. The summed E-state index contributed by atoms with van der Waals surface area (Å²) >= 11 is 0. The summed E-state index contributed by atoms with van der Waals surface area (Å²) in [7, 11) is -0.890. The van der Waals surface area contributed by atoms with E-state index in [0.29, 0.717) is 41.4 Å². The maximum atomic E-state index is 13.3. The van der Waals surface area contributed by atoms with Crippen LogP contribution >= 0.6 is 8.58 Å². The van der Waals surface area contributed by atoms with Crippen LogP contribution in [0.15, 0.2) is 36.4 Å². The van der Waals surface area contributed by atoms with Crippen molar-refractivity contribution in [2.75, 3.05) is 6.61 Å². The summed E-state index contributed by atoms with van der Waals surface area (Å²) in [6, 6.07) is 6.36. The van der Waals surface area contributed by atoms with E-state index in [-0.39, 0.29) is 20.3 Å². The SMILES string of the molecule is CCCCCCOc1ccc(PC(=O)c2c(C(F)(F)F)cccc2C(F)(F)F)c(C)c1.[H-].[Li+]. The summed E-state index contributed by atoms with van der Waals surface area (Å²) < 4.78 is 85.5. The van der Waals surface area contributed by atoms with Crippen LogP contribution in [-0.4, -0.2) is 12.1 Å². The van der Waals surface area contributed by atoms with E-state index in [4.69, 9.17) is 4.74 Å². The minimum absolute atomic E-state index is 0. The number of benzene rings is 2. The quantitative estimate of drug-likeness (QED) is 0.236. The third-order valence-electron chi connectivity index (χ3n) is 4.62. The van der Waals surface area contributed by atoms with Gasteiger partial charge in [0.05, 0.1) is 17.7 Å². The van der Waals surface area contributed by atoms with Crippen molar-refractivity contribution in [3.63, 3.8) is 0 Å². The van der Waals surface area contributed by atoms with Gasteiger partial charge in [0, 0.05) is 5.56 Å². The van der Waals surface area contributed by atoms with Crippen LogP contribution < -0.4 is 28.9 Å². The molecule has 0 aliphatic heterocycles. The molecule has 0 amide bonds. The first-order valence-corrected chi connectivity index (χ1v) is 10.8. The summed E-state index contributed by atoms with van der Waals surface area (Å²) in [5.74, 6) is 0.543. The summed E-state index contributed by atoms with van der Waals surface area (Å²) in [5.41, 5.74) is -5.14. The van der Waals surface area contributed by atoms with Crippen molar-refractivity contribution < 1.29 is 56.2 Å². The molecule has 0 bridgehead atoms. The Bertz CT molecular complexity index is 886. The van der Waals surface area contributed by atoms with Gasteiger partial charge in [-0.2, -0.15) is 26.3 Å². The molecule has 1 atom stereocenters. The van der Waals surface area contributed by atoms with Gasteiger partial charge in [-0.15, -0.1) is 0 Å². The fraction of sp³-hybridized carbons (Fsp3) is 0.409. The molecule has 0 spiro atoms. The Morgan fingerprint density at radius 3 is 2.06 bits per heavy atom. The van der Waals surface area contributed by atoms with Crippen LogP contribution in [0.4, 0.5) is 26.3 Å². The molecule has 10 heteroatoms. The predicted octanol–water partition coefficient (Wildman–Crippen LogP) is 4.25. The molecule has 0 saturated carbocycles. The van der Waals surface area contributed by atoms with E-state index >= 15 is 0 Å². The number of aryl methyl sites for hydroxylation is 1. The summed E-state index contributed by atoms with van der Waals surface area (Å²) in [4.78, 5) is 12.6. The number of ether oxygens (including phenoxy) is 1. The molecule has 0 saturated heterocycles. The number of unbranched alkanes of at least 4 members (excludes halogenated alkanes) is 3. The van der Waals surface area contributed by atoms with Crippen LogP contribution in [0.1, 0.15) is 61.1 Å². The van der Waals surface area contributed by atoms with Crippen molar-refractivity contribution in [2.45, 2.75) is 51.9 Å². The van der Waals surface area contributed by atoms with Gasteiger partial charge in [0.1, 0.15) is 5.75 Å². The number of alkyl halides is 6. The Morgan fingerprint density at radius 2 is 1.56 bits per heavy atom. The Balaban J connectivity index is 0.00000512. The van der Waals surface area contributed by atoms with E-state index < -0.39 is 43.1 Å². The Kier molecular flexibility index (Phi) is 10.8. The number of carbonyl (C=O) groups excluding carboxylic acids is 1. The van der Waals surface area contributed by atoms with Gasteiger partial charge in [-0.25, -0.2) is 0 Å². The molecule has 0 aliphatic carbocycles. The van der Waals surface area contributed by atoms with Gasteiger partial charge in [0.15, 0.2) is 5.52 Å². The maximum absolute atomic E-state index is 13.3. The first-order valence-electron chi connectivity index (χ1n) is 9.77. The van der Waals surface area contributed by atoms with Gasteiger partial charge in [-0.3, -0.25) is 4.79 Å². The molecule has 2 aromatic carbocycles. The van der Waals surface area contributed by atoms with Crippen LogP contribution in [0, 0.1) is 6.92 Å². The summed E-state index contributed by atoms with van der Waals surface area (Å²) in [6.07, 6.45) is -6.06. The number of rotatable bonds is 9. The van der Waals surface area contributed by atoms with Crippen molar-refractivity contribution in [2.24, 2.45) is 0 Å². The molecule has 0 aliphatic rings. The van der Waals surface area contributed by atoms with E-state index in [1.165, 1.54) is 6.07 Å². The molecule has 2 aromatic rings. The van der Waals surface area contributed by atoms with E-state index in [2.05, 4.69) is 6.92 Å². The van der Waals surface area contributed by atoms with Crippen molar-refractivity contribution >= 4 is 19.4 Å². The molecule has 0 N–H and O–H groups in total. The van der Waals surface area contributed by atoms with Crippen molar-refractivity contribution in [1.82, 2.24) is 0 Å². The van der Waals surface area contributed by atoms with Gasteiger partial charge in [-0.05, 0) is 57.1 Å². The zero-order valence-electron chi connectivity index (χ0n) is 19.1. The smallest absolute Gasteiger partial charge is 1.00 e. The second-order valence-electron chi connectivity index (χ2n) is 7.06. The van der Waals surface area contributed by atoms with Gasteiger partial charge in [0.25, 0.3) is 0 Å². The van der Waals surface area contributed by atoms with Crippen molar-refractivity contribution in [3.05, 3.63) is 58.7 Å². The summed E-state index contributed by atoms with van der Waals surface area (Å²) in [5, 5.41) is 0.369. The molecule has 1 unspecified atom stereocenters. The zero-order valence-corrected chi connectivity index (χ0v) is 19.1. The minimum Gasteiger partial charge on any atom is -1.00 e. The van der Waals surface area contributed by atoms with E-state index in [1.54, 1.807) is 19.1 Å². The van der Waals surface area contributed by atoms with Crippen LogP contribution in [0.2, 0.25) is 0 Å². The first-order chi connectivity index (χ1) is 14.4. The standard InChI is InChI=1S/C22H23F6O2P.Li.H/c1-3-4-5-6-12-30-15-10-11-18(14(2)13-15)31-20(29)19-16(21(23,24)25)8-7-9-17(19)22(26,27)28;;/h7-11,13,31H,3-6,12H2,1-2H3;;/q;+1;-1. The molecular formula is C22H24F6LiO2P. The van der Waals surface area contributed by atoms with E-state index in [1.807, 2.05) is 0 Å². The number of hydrogen-bond donors (Lipinski definition) is 0. The van der Waals surface area contributed by atoms with Crippen LogP contribution in [0.5, 0.6) is 5.75 Å². The first kappa shape index (κ1) is 28.6. The normalized spacial score (nSPS) is 12.1. The van der Waals surface area contributed by atoms with Gasteiger partial charge >= 0.3 is 31.2 Å². The number of halogens is 6. The Morgan fingerprint density at radius 1 is 0.969 bits per heavy atom. The van der Waals surface area contributed by atoms with Gasteiger partial charge < -0.3 is 6.16 Å². The predicted molar refractivity (Wildman–Crippen MR) is 111 cm³/mol. The van der Waals surface area contributed by atoms with Crippen LogP contribution in [0.3, 0.4) is 0 Å². The second kappa shape index (κ2) is 12.1. The van der Waals surface area contributed by atoms with E-state index in [0.717, 1.165) is 25.7 Å². The Labute approximate surface area is 198 Å². The van der Waals surface area contributed by atoms with Gasteiger partial charge in [0.2, 0.25) is 0 Å². The largest absolute Gasteiger partial charge is 1.00 e. The van der Waals surface area contributed by atoms with Crippen LogP contribution in [-0.2, 0) is 12.4 Å². The average Bonchev–Trinajstić information content (AvgIpc) is 2.67. The third-order valence-corrected chi connectivity index (χ3v) is 5.92. The molecule has 0 fully saturated rings. The zero-order chi connectivity index (χ0) is 23.2. The molecule has 32 heavy (non-hydrogen) atoms. The number of hydrogen-bond acceptors (Lipinski definition) is 2. The van der Waals surface area contributed by atoms with Crippen molar-refractivity contribution in [3.8, 4) is 5.75 Å². The molecular weight excluding hydrogens is 448 g/mol. The number of carbonyl (C=O) groups is 1. The Hall–Kier alpha value is -1.48. The third kappa shape index (κ3) is 7.83.